The molecular formula is C33H33F3N6O6S. The van der Waals surface area contributed by atoms with Crippen molar-refractivity contribution in [3.8, 4) is 11.4 Å². The zero-order valence-electron chi connectivity index (χ0n) is 26.2. The molecule has 49 heavy (non-hydrogen) atoms. The molecule has 2 aliphatic rings. The number of alkyl halides is 3. The zero-order valence-corrected chi connectivity index (χ0v) is 27.0. The smallest absolute Gasteiger partial charge is 0.471 e. The fourth-order valence-electron chi connectivity index (χ4n) is 5.93. The lowest BCUT2D eigenvalue weighted by molar-refractivity contribution is -0.268. The Kier molecular flexibility index (Phi) is 10.2. The third-order valence-corrected chi connectivity index (χ3v) is 9.53. The van der Waals surface area contributed by atoms with E-state index in [2.05, 4.69) is 20.8 Å². The number of aromatic hydroxyl groups is 1. The number of likely N-dealkylation sites (tertiary alicyclic amines) is 1. The molecular weight excluding hydrogens is 665 g/mol. The van der Waals surface area contributed by atoms with Gasteiger partial charge in [0.1, 0.15) is 11.8 Å². The molecule has 5 atom stereocenters. The van der Waals surface area contributed by atoms with Crippen LogP contribution < -0.4 is 5.32 Å². The average molecular weight is 699 g/mol. The molecule has 0 unspecified atom stereocenters. The van der Waals surface area contributed by atoms with E-state index >= 15 is 0 Å². The van der Waals surface area contributed by atoms with E-state index in [1.807, 2.05) is 31.2 Å². The van der Waals surface area contributed by atoms with Gasteiger partial charge in [0, 0.05) is 29.5 Å². The molecule has 12 nitrogen and oxygen atoms in total. The highest BCUT2D eigenvalue weighted by molar-refractivity contribution is 7.99. The summed E-state index contributed by atoms with van der Waals surface area (Å²) in [6, 6.07) is 19.3. The van der Waals surface area contributed by atoms with Gasteiger partial charge < -0.3 is 29.9 Å². The lowest BCUT2D eigenvalue weighted by Crippen LogP contribution is -2.48. The van der Waals surface area contributed by atoms with Gasteiger partial charge in [-0.3, -0.25) is 9.59 Å². The Morgan fingerprint density at radius 3 is 2.51 bits per heavy atom. The molecule has 2 aliphatic heterocycles. The number of hydrogen-bond acceptors (Lipinski definition) is 10. The van der Waals surface area contributed by atoms with Crippen LogP contribution >= 0.6 is 11.8 Å². The van der Waals surface area contributed by atoms with Crippen LogP contribution in [0, 0.1) is 5.92 Å². The van der Waals surface area contributed by atoms with Gasteiger partial charge in [-0.2, -0.15) is 17.9 Å². The summed E-state index contributed by atoms with van der Waals surface area (Å²) in [4.78, 5) is 25.6. The van der Waals surface area contributed by atoms with Crippen LogP contribution in [0.5, 0.6) is 5.75 Å². The first-order valence-corrected chi connectivity index (χ1v) is 16.5. The molecule has 2 fully saturated rings. The van der Waals surface area contributed by atoms with E-state index < -0.39 is 42.5 Å². The Balaban J connectivity index is 1.22. The molecule has 0 radical (unpaired) electrons. The summed E-state index contributed by atoms with van der Waals surface area (Å²) >= 11 is 1.37. The fraction of sp³-hybridized carbons (Fsp3) is 0.364. The fourth-order valence-corrected chi connectivity index (χ4v) is 6.98. The normalized spacial score (nSPS) is 22.6. The number of nitrogens with one attached hydrogen (secondary N) is 1. The molecule has 3 heterocycles. The SMILES string of the molecule is C[C@@H]1[C@H](CSc2nnnn2-c2ccc(O)cc2)O[C@H](c2cccc(NC(=O)[C@@H]3CCCN3C(=O)C(F)(F)F)c2)O[C@@H]1c1ccc(CO)cc1. The van der Waals surface area contributed by atoms with E-state index in [-0.39, 0.29) is 37.7 Å². The molecule has 258 valence electrons. The minimum atomic E-state index is -5.07. The molecule has 2 amide bonds. The maximum atomic E-state index is 13.1. The van der Waals surface area contributed by atoms with Crippen molar-refractivity contribution in [2.24, 2.45) is 5.92 Å². The number of ether oxygens (including phenoxy) is 2. The van der Waals surface area contributed by atoms with Gasteiger partial charge in [-0.25, -0.2) is 0 Å². The Bertz CT molecular complexity index is 1770. The highest BCUT2D eigenvalue weighted by atomic mass is 32.2. The molecule has 16 heteroatoms. The molecule has 0 bridgehead atoms. The van der Waals surface area contributed by atoms with Crippen LogP contribution in [0.1, 0.15) is 48.8 Å². The number of amides is 2. The number of hydrogen-bond donors (Lipinski definition) is 3. The summed E-state index contributed by atoms with van der Waals surface area (Å²) in [5, 5.41) is 34.5. The number of phenolic OH excluding ortho intramolecular Hbond substituents is 1. The summed E-state index contributed by atoms with van der Waals surface area (Å²) in [7, 11) is 0. The van der Waals surface area contributed by atoms with Gasteiger partial charge in [-0.1, -0.05) is 55.1 Å². The molecule has 3 N–H and O–H groups in total. The molecule has 0 spiro atoms. The monoisotopic (exact) mass is 698 g/mol. The lowest BCUT2D eigenvalue weighted by atomic mass is 9.91. The Morgan fingerprint density at radius 2 is 1.80 bits per heavy atom. The average Bonchev–Trinajstić information content (AvgIpc) is 3.78. The minimum Gasteiger partial charge on any atom is -0.508 e. The summed E-state index contributed by atoms with van der Waals surface area (Å²) in [6.07, 6.45) is -6.41. The van der Waals surface area contributed by atoms with Crippen molar-refractivity contribution in [2.75, 3.05) is 17.6 Å². The quantitative estimate of drug-likeness (QED) is 0.205. The van der Waals surface area contributed by atoms with Crippen molar-refractivity contribution < 1.29 is 42.4 Å². The van der Waals surface area contributed by atoms with Gasteiger partial charge in [0.25, 0.3) is 0 Å². The predicted molar refractivity (Wildman–Crippen MR) is 170 cm³/mol. The lowest BCUT2D eigenvalue weighted by Gasteiger charge is -2.41. The van der Waals surface area contributed by atoms with Crippen LogP contribution in [0.15, 0.2) is 78.0 Å². The number of halogens is 3. The molecule has 0 aliphatic carbocycles. The van der Waals surface area contributed by atoms with Crippen molar-refractivity contribution in [1.29, 1.82) is 0 Å². The van der Waals surface area contributed by atoms with E-state index in [4.69, 9.17) is 9.47 Å². The third kappa shape index (κ3) is 7.72. The Labute approximate surface area is 283 Å². The van der Waals surface area contributed by atoms with Crippen LogP contribution in [0.25, 0.3) is 5.69 Å². The van der Waals surface area contributed by atoms with Crippen LogP contribution in [0.2, 0.25) is 0 Å². The van der Waals surface area contributed by atoms with Gasteiger partial charge in [0.15, 0.2) is 6.29 Å². The van der Waals surface area contributed by atoms with Crippen molar-refractivity contribution in [1.82, 2.24) is 25.1 Å². The van der Waals surface area contributed by atoms with Crippen molar-refractivity contribution in [3.63, 3.8) is 0 Å². The highest BCUT2D eigenvalue weighted by Gasteiger charge is 2.47. The first-order valence-electron chi connectivity index (χ1n) is 15.5. The number of aliphatic hydroxyl groups excluding tert-OH is 1. The number of tetrazole rings is 1. The number of aromatic nitrogens is 4. The number of carbonyl (C=O) groups excluding carboxylic acids is 2. The molecule has 2 saturated heterocycles. The maximum Gasteiger partial charge on any atom is 0.471 e. The van der Waals surface area contributed by atoms with E-state index in [1.54, 1.807) is 41.1 Å². The second kappa shape index (κ2) is 14.5. The topological polar surface area (TPSA) is 152 Å². The Hall–Kier alpha value is -4.51. The van der Waals surface area contributed by atoms with Crippen molar-refractivity contribution >= 4 is 29.3 Å². The predicted octanol–water partition coefficient (Wildman–Crippen LogP) is 4.94. The number of aliphatic hydroxyl groups is 1. The number of anilines is 1. The number of benzene rings is 3. The van der Waals surface area contributed by atoms with Gasteiger partial charge in [-0.05, 0) is 70.8 Å². The molecule has 0 saturated carbocycles. The number of rotatable bonds is 9. The van der Waals surface area contributed by atoms with Crippen LogP contribution in [-0.4, -0.2) is 77.8 Å². The molecule has 1 aromatic heterocycles. The standard InChI is InChI=1S/C33H33F3N6O6S/c1-19-27(18-49-32-38-39-40-42(32)24-11-13-25(44)14-12-24)47-30(48-28(19)21-9-7-20(17-43)8-10-21)22-4-2-5-23(16-22)37-29(45)26-6-3-15-41(26)31(46)33(34,35)36/h2,4-5,7-14,16,19,26-28,30,43-44H,3,6,15,17-18H2,1H3,(H,37,45)/t19-,26+,27+,28+,30+/m1/s1. The van der Waals surface area contributed by atoms with E-state index in [9.17, 15) is 33.0 Å². The van der Waals surface area contributed by atoms with E-state index in [1.165, 1.54) is 23.9 Å². The Morgan fingerprint density at radius 1 is 1.04 bits per heavy atom. The van der Waals surface area contributed by atoms with Crippen molar-refractivity contribution in [3.05, 3.63) is 89.5 Å². The summed E-state index contributed by atoms with van der Waals surface area (Å²) in [6.45, 7) is 1.74. The van der Waals surface area contributed by atoms with Gasteiger partial charge in [0.05, 0.1) is 24.5 Å². The van der Waals surface area contributed by atoms with E-state index in [0.29, 0.717) is 32.7 Å². The van der Waals surface area contributed by atoms with Crippen LogP contribution in [0.4, 0.5) is 18.9 Å². The highest BCUT2D eigenvalue weighted by Crippen LogP contribution is 2.43. The van der Waals surface area contributed by atoms with Crippen molar-refractivity contribution in [2.45, 2.75) is 62.2 Å². The second-order valence-electron chi connectivity index (χ2n) is 11.8. The summed E-state index contributed by atoms with van der Waals surface area (Å²) in [5.74, 6) is -2.37. The first kappa shape index (κ1) is 34.4. The molecule has 3 aromatic carbocycles. The number of phenols is 1. The van der Waals surface area contributed by atoms with Gasteiger partial charge in [0.2, 0.25) is 11.1 Å². The van der Waals surface area contributed by atoms with Crippen LogP contribution in [0.3, 0.4) is 0 Å². The van der Waals surface area contributed by atoms with Gasteiger partial charge in [-0.15, -0.1) is 5.10 Å². The number of carbonyl (C=O) groups is 2. The summed E-state index contributed by atoms with van der Waals surface area (Å²) < 4.78 is 54.0. The summed E-state index contributed by atoms with van der Waals surface area (Å²) in [5.41, 5.74) is 3.13. The first-order chi connectivity index (χ1) is 23.5. The third-order valence-electron chi connectivity index (χ3n) is 8.52. The second-order valence-corrected chi connectivity index (χ2v) is 12.8. The maximum absolute atomic E-state index is 13.1. The number of thioether (sulfide) groups is 1. The minimum absolute atomic E-state index is 0.108. The molecule has 6 rings (SSSR count). The zero-order chi connectivity index (χ0) is 34.7. The largest absolute Gasteiger partial charge is 0.508 e. The van der Waals surface area contributed by atoms with Gasteiger partial charge >= 0.3 is 12.1 Å². The number of nitrogens with zero attached hydrogens (tertiary/aromatic N) is 5. The molecule has 4 aromatic rings. The van der Waals surface area contributed by atoms with E-state index in [0.717, 1.165) is 11.1 Å². The van der Waals surface area contributed by atoms with Crippen LogP contribution in [-0.2, 0) is 25.7 Å².